The summed E-state index contributed by atoms with van der Waals surface area (Å²) < 4.78 is 1.86. The van der Waals surface area contributed by atoms with Crippen molar-refractivity contribution >= 4 is 5.91 Å². The molecule has 2 aromatic heterocycles. The fourth-order valence-corrected chi connectivity index (χ4v) is 3.59. The zero-order chi connectivity index (χ0) is 17.2. The Morgan fingerprint density at radius 2 is 1.84 bits per heavy atom. The van der Waals surface area contributed by atoms with Crippen LogP contribution in [0.1, 0.15) is 36.1 Å². The van der Waals surface area contributed by atoms with E-state index in [1.807, 2.05) is 27.7 Å². The van der Waals surface area contributed by atoms with Gasteiger partial charge in [0.2, 0.25) is 5.91 Å². The maximum atomic E-state index is 12.4. The smallest absolute Gasteiger partial charge is 0.251 e. The SMILES string of the molecule is O=C(CC1CC1)N1CCc2ccc(=O)n(Cc3ccncc3)c2CC1. The minimum atomic E-state index is 0.0216. The monoisotopic (exact) mass is 337 g/mol. The van der Waals surface area contributed by atoms with Crippen LogP contribution in [0.15, 0.2) is 41.5 Å². The van der Waals surface area contributed by atoms with Crippen LogP contribution >= 0.6 is 0 Å². The molecule has 2 aliphatic rings. The molecule has 1 fully saturated rings. The Bertz CT molecular complexity index is 825. The largest absolute Gasteiger partial charge is 0.342 e. The number of amides is 1. The molecule has 1 amide bonds. The fourth-order valence-electron chi connectivity index (χ4n) is 3.59. The van der Waals surface area contributed by atoms with Crippen molar-refractivity contribution in [3.63, 3.8) is 0 Å². The Hall–Kier alpha value is -2.43. The molecule has 2 aromatic rings. The molecule has 0 aromatic carbocycles. The molecule has 0 saturated heterocycles. The van der Waals surface area contributed by atoms with Crippen LogP contribution in [0.2, 0.25) is 0 Å². The van der Waals surface area contributed by atoms with Crippen LogP contribution in [0, 0.1) is 5.92 Å². The van der Waals surface area contributed by atoms with Gasteiger partial charge in [0.25, 0.3) is 5.56 Å². The second kappa shape index (κ2) is 6.82. The van der Waals surface area contributed by atoms with E-state index in [0.717, 1.165) is 30.6 Å². The van der Waals surface area contributed by atoms with E-state index in [1.54, 1.807) is 18.5 Å². The number of carbonyl (C=O) groups excluding carboxylic acids is 1. The van der Waals surface area contributed by atoms with Gasteiger partial charge < -0.3 is 9.47 Å². The van der Waals surface area contributed by atoms with Crippen LogP contribution in [0.5, 0.6) is 0 Å². The third-order valence-electron chi connectivity index (χ3n) is 5.26. The van der Waals surface area contributed by atoms with Crippen molar-refractivity contribution in [3.05, 3.63) is 63.8 Å². The van der Waals surface area contributed by atoms with Gasteiger partial charge in [-0.3, -0.25) is 14.6 Å². The third kappa shape index (κ3) is 3.65. The molecular formula is C20H23N3O2. The summed E-state index contributed by atoms with van der Waals surface area (Å²) in [4.78, 5) is 30.9. The van der Waals surface area contributed by atoms with Crippen LogP contribution in [-0.2, 0) is 24.2 Å². The summed E-state index contributed by atoms with van der Waals surface area (Å²) in [5.41, 5.74) is 3.35. The molecule has 0 N–H and O–H groups in total. The topological polar surface area (TPSA) is 55.2 Å². The number of hydrogen-bond donors (Lipinski definition) is 0. The van der Waals surface area contributed by atoms with E-state index in [0.29, 0.717) is 25.4 Å². The second-order valence-electron chi connectivity index (χ2n) is 7.11. The van der Waals surface area contributed by atoms with Crippen LogP contribution in [0.4, 0.5) is 0 Å². The summed E-state index contributed by atoms with van der Waals surface area (Å²) in [5, 5.41) is 0. The van der Waals surface area contributed by atoms with Gasteiger partial charge in [0.05, 0.1) is 6.54 Å². The summed E-state index contributed by atoms with van der Waals surface area (Å²) in [6.07, 6.45) is 8.16. The quantitative estimate of drug-likeness (QED) is 0.858. The zero-order valence-corrected chi connectivity index (χ0v) is 14.4. The normalized spacial score (nSPS) is 17.0. The van der Waals surface area contributed by atoms with Crippen molar-refractivity contribution in [2.24, 2.45) is 5.92 Å². The number of rotatable bonds is 4. The maximum absolute atomic E-state index is 12.4. The van der Waals surface area contributed by atoms with Gasteiger partial charge in [-0.05, 0) is 48.4 Å². The summed E-state index contributed by atoms with van der Waals surface area (Å²) >= 11 is 0. The van der Waals surface area contributed by atoms with Gasteiger partial charge in [-0.25, -0.2) is 0 Å². The highest BCUT2D eigenvalue weighted by Gasteiger charge is 2.28. The predicted octanol–water partition coefficient (Wildman–Crippen LogP) is 2.02. The molecule has 1 aliphatic carbocycles. The molecule has 0 atom stereocenters. The lowest BCUT2D eigenvalue weighted by Crippen LogP contribution is -2.33. The Morgan fingerprint density at radius 3 is 2.60 bits per heavy atom. The molecule has 3 heterocycles. The highest BCUT2D eigenvalue weighted by Crippen LogP contribution is 2.33. The second-order valence-corrected chi connectivity index (χ2v) is 7.11. The highest BCUT2D eigenvalue weighted by atomic mass is 16.2. The summed E-state index contributed by atoms with van der Waals surface area (Å²) in [6, 6.07) is 7.47. The first-order chi connectivity index (χ1) is 12.2. The van der Waals surface area contributed by atoms with Crippen LogP contribution in [0.25, 0.3) is 0 Å². The molecule has 5 heteroatoms. The molecule has 1 aliphatic heterocycles. The highest BCUT2D eigenvalue weighted by molar-refractivity contribution is 5.76. The van der Waals surface area contributed by atoms with Gasteiger partial charge in [0.1, 0.15) is 0 Å². The Kier molecular flexibility index (Phi) is 4.38. The third-order valence-corrected chi connectivity index (χ3v) is 5.26. The van der Waals surface area contributed by atoms with Gasteiger partial charge in [-0.1, -0.05) is 6.07 Å². The number of pyridine rings is 2. The molecule has 0 spiro atoms. The number of hydrogen-bond acceptors (Lipinski definition) is 3. The van der Waals surface area contributed by atoms with E-state index < -0.39 is 0 Å². The van der Waals surface area contributed by atoms with Gasteiger partial charge in [-0.2, -0.15) is 0 Å². The average Bonchev–Trinajstić information content (AvgIpc) is 3.44. The molecule has 25 heavy (non-hydrogen) atoms. The first-order valence-corrected chi connectivity index (χ1v) is 9.09. The van der Waals surface area contributed by atoms with E-state index >= 15 is 0 Å². The van der Waals surface area contributed by atoms with Gasteiger partial charge in [-0.15, -0.1) is 0 Å². The molecule has 0 unspecified atom stereocenters. The lowest BCUT2D eigenvalue weighted by Gasteiger charge is -2.20. The first-order valence-electron chi connectivity index (χ1n) is 9.09. The fraction of sp³-hybridized carbons (Fsp3) is 0.450. The lowest BCUT2D eigenvalue weighted by molar-refractivity contribution is -0.131. The number of fused-ring (bicyclic) bond motifs is 1. The Labute approximate surface area is 147 Å². The van der Waals surface area contributed by atoms with Crippen molar-refractivity contribution in [2.75, 3.05) is 13.1 Å². The summed E-state index contributed by atoms with van der Waals surface area (Å²) in [5.74, 6) is 0.890. The van der Waals surface area contributed by atoms with Crippen molar-refractivity contribution in [1.29, 1.82) is 0 Å². The van der Waals surface area contributed by atoms with Crippen molar-refractivity contribution in [3.8, 4) is 0 Å². The van der Waals surface area contributed by atoms with E-state index in [9.17, 15) is 9.59 Å². The molecule has 0 radical (unpaired) electrons. The van der Waals surface area contributed by atoms with Crippen molar-refractivity contribution in [2.45, 2.75) is 38.6 Å². The maximum Gasteiger partial charge on any atom is 0.251 e. The molecular weight excluding hydrogens is 314 g/mol. The number of aromatic nitrogens is 2. The van der Waals surface area contributed by atoms with E-state index in [2.05, 4.69) is 4.98 Å². The summed E-state index contributed by atoms with van der Waals surface area (Å²) in [6.45, 7) is 2.02. The van der Waals surface area contributed by atoms with Gasteiger partial charge >= 0.3 is 0 Å². The number of nitrogens with zero attached hydrogens (tertiary/aromatic N) is 3. The van der Waals surface area contributed by atoms with Crippen molar-refractivity contribution < 1.29 is 4.79 Å². The lowest BCUT2D eigenvalue weighted by atomic mass is 10.1. The van der Waals surface area contributed by atoms with Crippen molar-refractivity contribution in [1.82, 2.24) is 14.5 Å². The molecule has 130 valence electrons. The zero-order valence-electron chi connectivity index (χ0n) is 14.4. The van der Waals surface area contributed by atoms with E-state index in [1.165, 1.54) is 18.4 Å². The standard InChI is InChI=1S/C20H23N3O2/c24-19-4-3-17-7-11-22(20(25)13-15-1-2-15)12-8-18(17)23(19)14-16-5-9-21-10-6-16/h3-6,9-10,15H,1-2,7-8,11-14H2. The minimum absolute atomic E-state index is 0.0216. The Morgan fingerprint density at radius 1 is 1.08 bits per heavy atom. The predicted molar refractivity (Wildman–Crippen MR) is 95.4 cm³/mol. The molecule has 0 bridgehead atoms. The van der Waals surface area contributed by atoms with E-state index in [-0.39, 0.29) is 11.5 Å². The first kappa shape index (κ1) is 16.1. The number of carbonyl (C=O) groups is 1. The molecule has 4 rings (SSSR count). The molecule has 5 nitrogen and oxygen atoms in total. The molecule has 1 saturated carbocycles. The van der Waals surface area contributed by atoms with Crippen LogP contribution < -0.4 is 5.56 Å². The Balaban J connectivity index is 1.56. The van der Waals surface area contributed by atoms with Gasteiger partial charge in [0, 0.05) is 50.1 Å². The van der Waals surface area contributed by atoms with E-state index in [4.69, 9.17) is 0 Å². The summed E-state index contributed by atoms with van der Waals surface area (Å²) in [7, 11) is 0. The average molecular weight is 337 g/mol. The van der Waals surface area contributed by atoms with Crippen LogP contribution in [0.3, 0.4) is 0 Å². The van der Waals surface area contributed by atoms with Crippen LogP contribution in [-0.4, -0.2) is 33.4 Å². The van der Waals surface area contributed by atoms with Gasteiger partial charge in [0.15, 0.2) is 0 Å². The minimum Gasteiger partial charge on any atom is -0.342 e.